The zero-order chi connectivity index (χ0) is 14.9. The van der Waals surface area contributed by atoms with Crippen LogP contribution in [0.2, 0.25) is 0 Å². The minimum Gasteiger partial charge on any atom is -0.375 e. The maximum atomic E-state index is 6.34. The van der Waals surface area contributed by atoms with Crippen molar-refractivity contribution in [3.05, 3.63) is 71.8 Å². The second-order valence-corrected chi connectivity index (χ2v) is 5.30. The van der Waals surface area contributed by atoms with Crippen molar-refractivity contribution in [3.63, 3.8) is 0 Å². The lowest BCUT2D eigenvalue weighted by atomic mass is 10.1. The molecule has 4 heteroatoms. The van der Waals surface area contributed by atoms with Gasteiger partial charge in [-0.2, -0.15) is 0 Å². The van der Waals surface area contributed by atoms with E-state index in [2.05, 4.69) is 23.0 Å². The lowest BCUT2D eigenvalue weighted by Crippen LogP contribution is -2.37. The van der Waals surface area contributed by atoms with Crippen LogP contribution in [0.4, 0.5) is 0 Å². The van der Waals surface area contributed by atoms with E-state index in [1.807, 2.05) is 48.5 Å². The molecule has 3 nitrogen and oxygen atoms in total. The maximum absolute atomic E-state index is 6.34. The van der Waals surface area contributed by atoms with Gasteiger partial charge in [0.05, 0.1) is 11.5 Å². The van der Waals surface area contributed by atoms with Crippen molar-refractivity contribution in [2.45, 2.75) is 11.5 Å². The second kappa shape index (κ2) is 8.80. The smallest absolute Gasteiger partial charge is 0.0959 e. The number of hydrogen-bond acceptors (Lipinski definition) is 3. The molecule has 2 aromatic carbocycles. The third-order valence-corrected chi connectivity index (χ3v) is 3.72. The number of hydrazine groups is 1. The molecule has 0 aliphatic heterocycles. The average Bonchev–Trinajstić information content (AvgIpc) is 2.56. The van der Waals surface area contributed by atoms with E-state index >= 15 is 0 Å². The molecule has 2 atom stereocenters. The van der Waals surface area contributed by atoms with Crippen molar-refractivity contribution >= 4 is 11.6 Å². The minimum absolute atomic E-state index is 0.0178. The topological polar surface area (TPSA) is 33.3 Å². The number of halogens is 1. The Labute approximate surface area is 131 Å². The Morgan fingerprint density at radius 1 is 0.857 bits per heavy atom. The molecule has 112 valence electrons. The molecule has 21 heavy (non-hydrogen) atoms. The quantitative estimate of drug-likeness (QED) is 0.445. The fourth-order valence-electron chi connectivity index (χ4n) is 2.11. The summed E-state index contributed by atoms with van der Waals surface area (Å²) in [7, 11) is 1.72. The first-order valence-corrected chi connectivity index (χ1v) is 7.47. The van der Waals surface area contributed by atoms with Gasteiger partial charge in [-0.3, -0.25) is 10.9 Å². The van der Waals surface area contributed by atoms with Crippen LogP contribution < -0.4 is 10.9 Å². The Balaban J connectivity index is 1.74. The van der Waals surface area contributed by atoms with Crippen molar-refractivity contribution < 1.29 is 4.74 Å². The van der Waals surface area contributed by atoms with Crippen molar-refractivity contribution in [1.29, 1.82) is 0 Å². The molecule has 0 aliphatic rings. The largest absolute Gasteiger partial charge is 0.375 e. The van der Waals surface area contributed by atoms with Crippen LogP contribution in [0.25, 0.3) is 0 Å². The van der Waals surface area contributed by atoms with Crippen molar-refractivity contribution in [2.75, 3.05) is 20.2 Å². The highest BCUT2D eigenvalue weighted by atomic mass is 35.5. The van der Waals surface area contributed by atoms with E-state index in [4.69, 9.17) is 16.3 Å². The summed E-state index contributed by atoms with van der Waals surface area (Å²) in [5.74, 6) is 0. The first kappa shape index (κ1) is 16.0. The fraction of sp³-hybridized carbons (Fsp3) is 0.294. The van der Waals surface area contributed by atoms with Crippen LogP contribution in [0.1, 0.15) is 22.6 Å². The Kier molecular flexibility index (Phi) is 6.70. The highest BCUT2D eigenvalue weighted by Crippen LogP contribution is 2.18. The first-order valence-electron chi connectivity index (χ1n) is 7.03. The summed E-state index contributed by atoms with van der Waals surface area (Å²) < 4.78 is 5.49. The number of nitrogens with one attached hydrogen (secondary N) is 2. The molecule has 0 bridgehead atoms. The Morgan fingerprint density at radius 2 is 1.38 bits per heavy atom. The van der Waals surface area contributed by atoms with Crippen molar-refractivity contribution in [3.8, 4) is 0 Å². The Morgan fingerprint density at radius 3 is 1.95 bits per heavy atom. The van der Waals surface area contributed by atoms with Gasteiger partial charge < -0.3 is 4.74 Å². The minimum atomic E-state index is -0.0589. The zero-order valence-corrected chi connectivity index (χ0v) is 12.9. The molecule has 0 saturated carbocycles. The van der Waals surface area contributed by atoms with Gasteiger partial charge in [-0.25, -0.2) is 0 Å². The van der Waals surface area contributed by atoms with Gasteiger partial charge in [0.25, 0.3) is 0 Å². The second-order valence-electron chi connectivity index (χ2n) is 4.78. The summed E-state index contributed by atoms with van der Waals surface area (Å²) in [4.78, 5) is 0. The number of rotatable bonds is 8. The van der Waals surface area contributed by atoms with E-state index in [9.17, 15) is 0 Å². The predicted molar refractivity (Wildman–Crippen MR) is 87.2 cm³/mol. The van der Waals surface area contributed by atoms with Crippen LogP contribution >= 0.6 is 11.6 Å². The number of hydrogen-bond donors (Lipinski definition) is 2. The first-order chi connectivity index (χ1) is 10.3. The molecule has 0 radical (unpaired) electrons. The van der Waals surface area contributed by atoms with Crippen LogP contribution in [0.3, 0.4) is 0 Å². The van der Waals surface area contributed by atoms with Crippen LogP contribution in [0.15, 0.2) is 60.7 Å². The van der Waals surface area contributed by atoms with Crippen LogP contribution in [0.5, 0.6) is 0 Å². The molecule has 0 aliphatic carbocycles. The zero-order valence-electron chi connectivity index (χ0n) is 12.1. The van der Waals surface area contributed by atoms with Gasteiger partial charge in [0, 0.05) is 20.2 Å². The molecule has 2 aromatic rings. The van der Waals surface area contributed by atoms with E-state index in [1.165, 1.54) is 0 Å². The van der Waals surface area contributed by atoms with Crippen molar-refractivity contribution in [2.24, 2.45) is 0 Å². The number of alkyl halides is 1. The van der Waals surface area contributed by atoms with E-state index < -0.39 is 0 Å². The van der Waals surface area contributed by atoms with Gasteiger partial charge >= 0.3 is 0 Å². The molecule has 0 spiro atoms. The molecule has 2 N–H and O–H groups in total. The monoisotopic (exact) mass is 304 g/mol. The summed E-state index contributed by atoms with van der Waals surface area (Å²) in [6.45, 7) is 1.33. The molecule has 0 heterocycles. The van der Waals surface area contributed by atoms with Gasteiger partial charge in [0.15, 0.2) is 0 Å². The van der Waals surface area contributed by atoms with Crippen LogP contribution in [-0.2, 0) is 4.74 Å². The van der Waals surface area contributed by atoms with E-state index in [0.29, 0.717) is 13.1 Å². The normalized spacial score (nSPS) is 13.8. The van der Waals surface area contributed by atoms with Crippen LogP contribution in [0, 0.1) is 0 Å². The summed E-state index contributed by atoms with van der Waals surface area (Å²) >= 11 is 6.34. The molecule has 2 unspecified atom stereocenters. The Hall–Kier alpha value is -1.39. The molecular formula is C17H21ClN2O. The van der Waals surface area contributed by atoms with Gasteiger partial charge in [-0.15, -0.1) is 11.6 Å². The van der Waals surface area contributed by atoms with E-state index in [1.54, 1.807) is 7.11 Å². The van der Waals surface area contributed by atoms with Gasteiger partial charge in [-0.1, -0.05) is 60.7 Å². The maximum Gasteiger partial charge on any atom is 0.0959 e. The lowest BCUT2D eigenvalue weighted by molar-refractivity contribution is 0.0988. The van der Waals surface area contributed by atoms with Gasteiger partial charge in [0.1, 0.15) is 0 Å². The molecule has 0 amide bonds. The third-order valence-electron chi connectivity index (χ3n) is 3.31. The molecule has 0 fully saturated rings. The fourth-order valence-corrected chi connectivity index (χ4v) is 2.33. The predicted octanol–water partition coefficient (Wildman–Crippen LogP) is 3.45. The number of methoxy groups -OCH3 is 1. The molecule has 0 saturated heterocycles. The van der Waals surface area contributed by atoms with Gasteiger partial charge in [0.2, 0.25) is 0 Å². The van der Waals surface area contributed by atoms with E-state index in [-0.39, 0.29) is 11.5 Å². The summed E-state index contributed by atoms with van der Waals surface area (Å²) in [6, 6.07) is 20.2. The molecule has 2 rings (SSSR count). The SMILES string of the molecule is COC(CNNCC(Cl)c1ccccc1)c1ccccc1. The lowest BCUT2D eigenvalue weighted by Gasteiger charge is -2.18. The number of benzene rings is 2. The average molecular weight is 305 g/mol. The molecular weight excluding hydrogens is 284 g/mol. The molecule has 0 aromatic heterocycles. The van der Waals surface area contributed by atoms with E-state index in [0.717, 1.165) is 11.1 Å². The summed E-state index contributed by atoms with van der Waals surface area (Å²) in [6.07, 6.45) is 0.0178. The van der Waals surface area contributed by atoms with Gasteiger partial charge in [-0.05, 0) is 11.1 Å². The summed E-state index contributed by atoms with van der Waals surface area (Å²) in [5.41, 5.74) is 8.60. The van der Waals surface area contributed by atoms with Crippen molar-refractivity contribution in [1.82, 2.24) is 10.9 Å². The third kappa shape index (κ3) is 5.14. The standard InChI is InChI=1S/C17H21ClN2O/c1-21-17(15-10-6-3-7-11-15)13-20-19-12-16(18)14-8-4-2-5-9-14/h2-11,16-17,19-20H,12-13H2,1H3. The van der Waals surface area contributed by atoms with Crippen LogP contribution in [-0.4, -0.2) is 20.2 Å². The summed E-state index contributed by atoms with van der Waals surface area (Å²) in [5, 5.41) is -0.0589. The highest BCUT2D eigenvalue weighted by molar-refractivity contribution is 6.21. The number of ether oxygens (including phenoxy) is 1. The highest BCUT2D eigenvalue weighted by Gasteiger charge is 2.10. The Bertz CT molecular complexity index is 507.